The number of aromatic nitrogens is 1. The molecular weight excluding hydrogens is 189 g/mol. The molecule has 0 bridgehead atoms. The summed E-state index contributed by atoms with van der Waals surface area (Å²) in [4.78, 5) is 2.99. The highest BCUT2D eigenvalue weighted by molar-refractivity contribution is 7.11. The Bertz CT molecular complexity index is 279. The van der Waals surface area contributed by atoms with Gasteiger partial charge in [-0.05, 0) is 6.92 Å². The molecule has 1 rings (SSSR count). The normalized spacial score (nSPS) is 12.1. The third kappa shape index (κ3) is 1.75. The molecule has 0 aliphatic heterocycles. The zero-order chi connectivity index (χ0) is 9.35. The fourth-order valence-electron chi connectivity index (χ4n) is 0.830. The second-order valence-electron chi connectivity index (χ2n) is 2.21. The minimum Gasteiger partial charge on any atom is -0.325 e. The predicted molar refractivity (Wildman–Crippen MR) is 39.7 cm³/mol. The summed E-state index contributed by atoms with van der Waals surface area (Å²) in [6.45, 7) is 1.36. The smallest absolute Gasteiger partial charge is 0.325 e. The van der Waals surface area contributed by atoms with Crippen LogP contribution >= 0.6 is 11.3 Å². The van der Waals surface area contributed by atoms with Crippen LogP contribution < -0.4 is 5.73 Å². The maximum atomic E-state index is 12.2. The fraction of sp³-hybridized carbons (Fsp3) is 0.500. The number of thiazole rings is 1. The van der Waals surface area contributed by atoms with Gasteiger partial charge in [0.2, 0.25) is 0 Å². The van der Waals surface area contributed by atoms with Crippen molar-refractivity contribution in [3.63, 3.8) is 0 Å². The number of nitrogens with two attached hydrogens (primary N) is 1. The Labute approximate surface area is 71.2 Å². The van der Waals surface area contributed by atoms with Crippen LogP contribution in [0, 0.1) is 6.92 Å². The largest absolute Gasteiger partial charge is 0.427 e. The van der Waals surface area contributed by atoms with Crippen LogP contribution in [-0.2, 0) is 12.7 Å². The molecule has 0 amide bonds. The van der Waals surface area contributed by atoms with Crippen LogP contribution in [0.2, 0.25) is 0 Å². The van der Waals surface area contributed by atoms with E-state index in [9.17, 15) is 13.2 Å². The number of alkyl halides is 3. The Balaban J connectivity index is 3.13. The van der Waals surface area contributed by atoms with Gasteiger partial charge in [0.15, 0.2) is 0 Å². The first kappa shape index (κ1) is 9.47. The Morgan fingerprint density at radius 3 is 2.42 bits per heavy atom. The summed E-state index contributed by atoms with van der Waals surface area (Å²) in [6.07, 6.45) is -4.32. The molecule has 0 saturated carbocycles. The molecule has 1 heterocycles. The van der Waals surface area contributed by atoms with Crippen molar-refractivity contribution in [3.8, 4) is 0 Å². The van der Waals surface area contributed by atoms with Crippen molar-refractivity contribution in [2.24, 2.45) is 5.73 Å². The van der Waals surface area contributed by atoms with Crippen molar-refractivity contribution in [2.75, 3.05) is 0 Å². The number of rotatable bonds is 1. The third-order valence-corrected chi connectivity index (χ3v) is 2.31. The number of aryl methyl sites for hydroxylation is 1. The molecule has 0 saturated heterocycles. The van der Waals surface area contributed by atoms with Crippen LogP contribution in [0.4, 0.5) is 13.2 Å². The summed E-state index contributed by atoms with van der Waals surface area (Å²) in [7, 11) is 0. The first-order valence-electron chi connectivity index (χ1n) is 3.18. The van der Waals surface area contributed by atoms with E-state index in [1.807, 2.05) is 0 Å². The van der Waals surface area contributed by atoms with Crippen LogP contribution in [0.15, 0.2) is 0 Å². The average Bonchev–Trinajstić information content (AvgIpc) is 2.29. The first-order chi connectivity index (χ1) is 5.45. The number of hydrogen-bond acceptors (Lipinski definition) is 3. The Morgan fingerprint density at radius 1 is 1.50 bits per heavy atom. The second-order valence-corrected chi connectivity index (χ2v) is 3.41. The standard InChI is InChI=1S/C6H7F3N2S/c1-3-11-4(2-10)5(12-3)6(7,8)9/h2,10H2,1H3. The second kappa shape index (κ2) is 3.02. The van der Waals surface area contributed by atoms with Gasteiger partial charge in [-0.1, -0.05) is 0 Å². The Hall–Kier alpha value is -0.620. The number of halogens is 3. The summed E-state index contributed by atoms with van der Waals surface area (Å²) in [5.74, 6) is 0. The number of hydrogen-bond donors (Lipinski definition) is 1. The molecule has 2 nitrogen and oxygen atoms in total. The van der Waals surface area contributed by atoms with E-state index in [1.165, 1.54) is 6.92 Å². The molecule has 68 valence electrons. The predicted octanol–water partition coefficient (Wildman–Crippen LogP) is 1.93. The molecule has 12 heavy (non-hydrogen) atoms. The summed E-state index contributed by atoms with van der Waals surface area (Å²) in [6, 6.07) is 0. The molecule has 0 fully saturated rings. The third-order valence-electron chi connectivity index (χ3n) is 1.26. The summed E-state index contributed by atoms with van der Waals surface area (Å²) in [5.41, 5.74) is 5.04. The van der Waals surface area contributed by atoms with E-state index in [4.69, 9.17) is 5.73 Å². The molecular formula is C6H7F3N2S. The van der Waals surface area contributed by atoms with Gasteiger partial charge in [-0.3, -0.25) is 0 Å². The monoisotopic (exact) mass is 196 g/mol. The lowest BCUT2D eigenvalue weighted by Gasteiger charge is -2.03. The minimum absolute atomic E-state index is 0.0648. The minimum atomic E-state index is -4.32. The lowest BCUT2D eigenvalue weighted by molar-refractivity contribution is -0.135. The van der Waals surface area contributed by atoms with Gasteiger partial charge in [0.05, 0.1) is 10.7 Å². The molecule has 0 aliphatic rings. The van der Waals surface area contributed by atoms with Gasteiger partial charge in [0.25, 0.3) is 0 Å². The maximum Gasteiger partial charge on any atom is 0.427 e. The van der Waals surface area contributed by atoms with Crippen LogP contribution in [0.5, 0.6) is 0 Å². The van der Waals surface area contributed by atoms with E-state index < -0.39 is 11.1 Å². The molecule has 6 heteroatoms. The van der Waals surface area contributed by atoms with E-state index in [0.717, 1.165) is 0 Å². The highest BCUT2D eigenvalue weighted by Crippen LogP contribution is 2.35. The Kier molecular flexibility index (Phi) is 2.39. The molecule has 1 aromatic heterocycles. The van der Waals surface area contributed by atoms with Crippen molar-refractivity contribution in [1.29, 1.82) is 0 Å². The van der Waals surface area contributed by atoms with Crippen molar-refractivity contribution in [1.82, 2.24) is 4.98 Å². The lowest BCUT2D eigenvalue weighted by Crippen LogP contribution is -2.09. The lowest BCUT2D eigenvalue weighted by atomic mass is 10.3. The maximum absolute atomic E-state index is 12.2. The molecule has 1 aromatic rings. The van der Waals surface area contributed by atoms with E-state index in [0.29, 0.717) is 16.3 Å². The zero-order valence-corrected chi connectivity index (χ0v) is 7.09. The van der Waals surface area contributed by atoms with Crippen LogP contribution in [0.3, 0.4) is 0 Å². The highest BCUT2D eigenvalue weighted by atomic mass is 32.1. The summed E-state index contributed by atoms with van der Waals surface area (Å²) < 4.78 is 36.5. The molecule has 0 radical (unpaired) electrons. The first-order valence-corrected chi connectivity index (χ1v) is 4.00. The average molecular weight is 196 g/mol. The van der Waals surface area contributed by atoms with E-state index in [-0.39, 0.29) is 12.2 Å². The molecule has 0 atom stereocenters. The van der Waals surface area contributed by atoms with Crippen molar-refractivity contribution in [2.45, 2.75) is 19.6 Å². The molecule has 0 aliphatic carbocycles. The van der Waals surface area contributed by atoms with Gasteiger partial charge in [-0.25, -0.2) is 4.98 Å². The van der Waals surface area contributed by atoms with Crippen molar-refractivity contribution in [3.05, 3.63) is 15.6 Å². The fourth-order valence-corrected chi connectivity index (χ4v) is 1.64. The van der Waals surface area contributed by atoms with Gasteiger partial charge in [-0.2, -0.15) is 13.2 Å². The van der Waals surface area contributed by atoms with Gasteiger partial charge < -0.3 is 5.73 Å². The van der Waals surface area contributed by atoms with Crippen LogP contribution in [0.25, 0.3) is 0 Å². The molecule has 0 spiro atoms. The SMILES string of the molecule is Cc1nc(CN)c(C(F)(F)F)s1. The van der Waals surface area contributed by atoms with E-state index in [2.05, 4.69) is 4.98 Å². The quantitative estimate of drug-likeness (QED) is 0.745. The van der Waals surface area contributed by atoms with Crippen LogP contribution in [-0.4, -0.2) is 4.98 Å². The number of nitrogens with zero attached hydrogens (tertiary/aromatic N) is 1. The summed E-state index contributed by atoms with van der Waals surface area (Å²) in [5, 5.41) is 0.391. The van der Waals surface area contributed by atoms with E-state index in [1.54, 1.807) is 0 Å². The van der Waals surface area contributed by atoms with Crippen LogP contribution in [0.1, 0.15) is 15.6 Å². The highest BCUT2D eigenvalue weighted by Gasteiger charge is 2.36. The summed E-state index contributed by atoms with van der Waals surface area (Å²) >= 11 is 0.630. The van der Waals surface area contributed by atoms with Crippen molar-refractivity contribution >= 4 is 11.3 Å². The molecule has 2 N–H and O–H groups in total. The van der Waals surface area contributed by atoms with Gasteiger partial charge in [0, 0.05) is 6.54 Å². The van der Waals surface area contributed by atoms with E-state index >= 15 is 0 Å². The van der Waals surface area contributed by atoms with Crippen molar-refractivity contribution < 1.29 is 13.2 Å². The topological polar surface area (TPSA) is 38.9 Å². The van der Waals surface area contributed by atoms with Gasteiger partial charge in [0.1, 0.15) is 4.88 Å². The van der Waals surface area contributed by atoms with Gasteiger partial charge in [-0.15, -0.1) is 11.3 Å². The molecule has 0 unspecified atom stereocenters. The molecule has 0 aromatic carbocycles. The van der Waals surface area contributed by atoms with Gasteiger partial charge >= 0.3 is 6.18 Å². The zero-order valence-electron chi connectivity index (χ0n) is 6.27. The Morgan fingerprint density at radius 2 is 2.08 bits per heavy atom.